The highest BCUT2D eigenvalue weighted by Crippen LogP contribution is 2.28. The van der Waals surface area contributed by atoms with Crippen molar-refractivity contribution in [2.24, 2.45) is 5.92 Å². The highest BCUT2D eigenvalue weighted by Gasteiger charge is 2.14. The molecule has 1 fully saturated rings. The average molecular weight is 284 g/mol. The van der Waals surface area contributed by atoms with Crippen molar-refractivity contribution in [3.05, 3.63) is 16.4 Å². The summed E-state index contributed by atoms with van der Waals surface area (Å²) in [6, 6.07) is 0. The van der Waals surface area contributed by atoms with Gasteiger partial charge >= 0.3 is 0 Å². The molecule has 2 rings (SSSR count). The van der Waals surface area contributed by atoms with Crippen molar-refractivity contribution in [3.63, 3.8) is 0 Å². The summed E-state index contributed by atoms with van der Waals surface area (Å²) in [6.07, 6.45) is 8.46. The largest absolute Gasteiger partial charge is 0.311 e. The zero-order valence-corrected chi connectivity index (χ0v) is 13.0. The molecule has 1 aliphatic carbocycles. The van der Waals surface area contributed by atoms with Gasteiger partial charge in [-0.25, -0.2) is 0 Å². The number of hydrogen-bond acceptors (Lipinski definition) is 2. The first kappa shape index (κ1) is 14.9. The smallest absolute Gasteiger partial charge is 0.0860 e. The molecule has 19 heavy (non-hydrogen) atoms. The molecule has 0 amide bonds. The lowest BCUT2D eigenvalue weighted by atomic mass is 10.0. The van der Waals surface area contributed by atoms with Crippen molar-refractivity contribution in [2.45, 2.75) is 65.5 Å². The molecular formula is C15H26ClN3. The summed E-state index contributed by atoms with van der Waals surface area (Å²) in [5.74, 6) is 0.994. The molecule has 0 unspecified atom stereocenters. The Morgan fingerprint density at radius 1 is 1.37 bits per heavy atom. The third-order valence-corrected chi connectivity index (χ3v) is 4.68. The van der Waals surface area contributed by atoms with Gasteiger partial charge in [0, 0.05) is 13.1 Å². The molecule has 1 saturated carbocycles. The predicted octanol–water partition coefficient (Wildman–Crippen LogP) is 3.92. The number of hydrogen-bond donors (Lipinski definition) is 1. The van der Waals surface area contributed by atoms with Crippen LogP contribution in [-0.4, -0.2) is 16.3 Å². The molecule has 1 aromatic rings. The molecule has 0 saturated heterocycles. The van der Waals surface area contributed by atoms with E-state index in [0.29, 0.717) is 0 Å². The van der Waals surface area contributed by atoms with Crippen LogP contribution in [-0.2, 0) is 13.1 Å². The highest BCUT2D eigenvalue weighted by atomic mass is 35.5. The quantitative estimate of drug-likeness (QED) is 0.769. The van der Waals surface area contributed by atoms with E-state index in [1.807, 2.05) is 11.6 Å². The maximum absolute atomic E-state index is 6.29. The minimum atomic E-state index is 0.824. The second-order valence-electron chi connectivity index (χ2n) is 5.63. The molecule has 1 aliphatic rings. The Morgan fingerprint density at radius 2 is 2.11 bits per heavy atom. The molecule has 3 nitrogen and oxygen atoms in total. The summed E-state index contributed by atoms with van der Waals surface area (Å²) < 4.78 is 2.00. The van der Waals surface area contributed by atoms with Gasteiger partial charge in [-0.05, 0) is 39.2 Å². The number of halogens is 1. The lowest BCUT2D eigenvalue weighted by Crippen LogP contribution is -2.18. The Labute approximate surface area is 121 Å². The van der Waals surface area contributed by atoms with E-state index in [1.54, 1.807) is 0 Å². The van der Waals surface area contributed by atoms with E-state index in [9.17, 15) is 0 Å². The van der Waals surface area contributed by atoms with E-state index < -0.39 is 0 Å². The Kier molecular flexibility index (Phi) is 5.71. The molecule has 0 aliphatic heterocycles. The fraction of sp³-hybridized carbons (Fsp3) is 0.800. The molecule has 1 aromatic heterocycles. The zero-order chi connectivity index (χ0) is 13.7. The summed E-state index contributed by atoms with van der Waals surface area (Å²) in [6.45, 7) is 6.87. The zero-order valence-electron chi connectivity index (χ0n) is 12.2. The van der Waals surface area contributed by atoms with Gasteiger partial charge in [0.1, 0.15) is 0 Å². The van der Waals surface area contributed by atoms with Crippen LogP contribution < -0.4 is 5.32 Å². The minimum Gasteiger partial charge on any atom is -0.311 e. The summed E-state index contributed by atoms with van der Waals surface area (Å²) in [4.78, 5) is 0. The van der Waals surface area contributed by atoms with E-state index >= 15 is 0 Å². The molecule has 0 spiro atoms. The van der Waals surface area contributed by atoms with Gasteiger partial charge in [-0.15, -0.1) is 0 Å². The van der Waals surface area contributed by atoms with Crippen molar-refractivity contribution in [1.29, 1.82) is 0 Å². The van der Waals surface area contributed by atoms with Crippen molar-refractivity contribution >= 4 is 11.6 Å². The second-order valence-corrected chi connectivity index (χ2v) is 6.01. The van der Waals surface area contributed by atoms with E-state index in [-0.39, 0.29) is 0 Å². The summed E-state index contributed by atoms with van der Waals surface area (Å²) in [7, 11) is 0. The Bertz CT molecular complexity index is 394. The highest BCUT2D eigenvalue weighted by molar-refractivity contribution is 6.31. The molecule has 0 aromatic carbocycles. The van der Waals surface area contributed by atoms with Crippen molar-refractivity contribution in [1.82, 2.24) is 15.1 Å². The number of nitrogens with zero attached hydrogens (tertiary/aromatic N) is 2. The van der Waals surface area contributed by atoms with Crippen LogP contribution >= 0.6 is 11.6 Å². The molecule has 108 valence electrons. The van der Waals surface area contributed by atoms with E-state index in [2.05, 4.69) is 17.3 Å². The van der Waals surface area contributed by atoms with Crippen LogP contribution in [0.1, 0.15) is 56.8 Å². The van der Waals surface area contributed by atoms with Gasteiger partial charge in [0.15, 0.2) is 0 Å². The summed E-state index contributed by atoms with van der Waals surface area (Å²) in [5, 5.41) is 8.77. The molecule has 1 heterocycles. The molecule has 0 bridgehead atoms. The van der Waals surface area contributed by atoms with Crippen LogP contribution in [0.25, 0.3) is 0 Å². The third-order valence-electron chi connectivity index (χ3n) is 4.19. The van der Waals surface area contributed by atoms with E-state index in [4.69, 9.17) is 11.6 Å². The predicted molar refractivity (Wildman–Crippen MR) is 80.5 cm³/mol. The topological polar surface area (TPSA) is 29.9 Å². The number of rotatable bonds is 7. The monoisotopic (exact) mass is 283 g/mol. The molecular weight excluding hydrogens is 258 g/mol. The van der Waals surface area contributed by atoms with Crippen LogP contribution in [0.2, 0.25) is 5.02 Å². The molecule has 1 N–H and O–H groups in total. The van der Waals surface area contributed by atoms with Crippen molar-refractivity contribution in [2.75, 3.05) is 6.54 Å². The van der Waals surface area contributed by atoms with Gasteiger partial charge in [-0.2, -0.15) is 5.10 Å². The van der Waals surface area contributed by atoms with Gasteiger partial charge in [-0.3, -0.25) is 4.68 Å². The number of aryl methyl sites for hydroxylation is 2. The van der Waals surface area contributed by atoms with Gasteiger partial charge < -0.3 is 5.32 Å². The lowest BCUT2D eigenvalue weighted by molar-refractivity contribution is 0.467. The van der Waals surface area contributed by atoms with Gasteiger partial charge in [0.2, 0.25) is 0 Å². The molecule has 4 heteroatoms. The van der Waals surface area contributed by atoms with E-state index in [1.165, 1.54) is 38.5 Å². The van der Waals surface area contributed by atoms with Gasteiger partial charge in [0.05, 0.1) is 16.4 Å². The lowest BCUT2D eigenvalue weighted by Gasteiger charge is -2.10. The maximum atomic E-state index is 6.29. The first-order valence-corrected chi connectivity index (χ1v) is 8.02. The van der Waals surface area contributed by atoms with Gasteiger partial charge in [0.25, 0.3) is 0 Å². The standard InChI is InChI=1S/C15H26ClN3/c1-3-19-14(15(16)12(2)18-19)11-17-10-6-9-13-7-4-5-8-13/h13,17H,3-11H2,1-2H3. The molecule has 0 atom stereocenters. The van der Waals surface area contributed by atoms with Crippen molar-refractivity contribution < 1.29 is 0 Å². The van der Waals surface area contributed by atoms with Gasteiger partial charge in [-0.1, -0.05) is 37.3 Å². The first-order chi connectivity index (χ1) is 9.22. The van der Waals surface area contributed by atoms with Crippen LogP contribution in [0.3, 0.4) is 0 Å². The number of aromatic nitrogens is 2. The van der Waals surface area contributed by atoms with Crippen LogP contribution in [0, 0.1) is 12.8 Å². The molecule has 0 radical (unpaired) electrons. The average Bonchev–Trinajstić information content (AvgIpc) is 3.01. The third kappa shape index (κ3) is 3.96. The van der Waals surface area contributed by atoms with E-state index in [0.717, 1.165) is 42.0 Å². The SMILES string of the molecule is CCn1nc(C)c(Cl)c1CNCCCC1CCCC1. The first-order valence-electron chi connectivity index (χ1n) is 7.64. The Balaban J connectivity index is 1.70. The van der Waals surface area contributed by atoms with Crippen LogP contribution in [0.4, 0.5) is 0 Å². The van der Waals surface area contributed by atoms with Crippen LogP contribution in [0.5, 0.6) is 0 Å². The number of nitrogens with one attached hydrogen (secondary N) is 1. The second kappa shape index (κ2) is 7.30. The summed E-state index contributed by atoms with van der Waals surface area (Å²) >= 11 is 6.29. The van der Waals surface area contributed by atoms with Crippen LogP contribution in [0.15, 0.2) is 0 Å². The van der Waals surface area contributed by atoms with Crippen molar-refractivity contribution in [3.8, 4) is 0 Å². The minimum absolute atomic E-state index is 0.824. The fourth-order valence-electron chi connectivity index (χ4n) is 3.06. The summed E-state index contributed by atoms with van der Waals surface area (Å²) in [5.41, 5.74) is 2.06. The Morgan fingerprint density at radius 3 is 2.79 bits per heavy atom. The normalized spacial score (nSPS) is 16.4. The fourth-order valence-corrected chi connectivity index (χ4v) is 3.26. The Hall–Kier alpha value is -0.540. The maximum Gasteiger partial charge on any atom is 0.0860 e.